The predicted molar refractivity (Wildman–Crippen MR) is 68.4 cm³/mol. The van der Waals surface area contributed by atoms with Crippen LogP contribution in [0, 0.1) is 11.3 Å². The highest BCUT2D eigenvalue weighted by Crippen LogP contribution is 2.18. The number of fused-ring (bicyclic) bond motifs is 1. The van der Waals surface area contributed by atoms with Gasteiger partial charge in [-0.3, -0.25) is 10.3 Å². The lowest BCUT2D eigenvalue weighted by Crippen LogP contribution is -2.20. The molecule has 17 heavy (non-hydrogen) atoms. The molecule has 0 aliphatic heterocycles. The number of pyridine rings is 1. The van der Waals surface area contributed by atoms with Crippen molar-refractivity contribution < 1.29 is 0 Å². The fourth-order valence-corrected chi connectivity index (χ4v) is 1.80. The molecule has 0 amide bonds. The van der Waals surface area contributed by atoms with E-state index in [4.69, 9.17) is 5.26 Å². The Morgan fingerprint density at radius 1 is 1.41 bits per heavy atom. The van der Waals surface area contributed by atoms with Crippen LogP contribution in [0.1, 0.15) is 24.9 Å². The first kappa shape index (κ1) is 11.6. The van der Waals surface area contributed by atoms with Crippen LogP contribution in [-0.2, 0) is 0 Å². The summed E-state index contributed by atoms with van der Waals surface area (Å²) in [7, 11) is 0. The highest BCUT2D eigenvalue weighted by atomic mass is 14.9. The van der Waals surface area contributed by atoms with Gasteiger partial charge in [0.2, 0.25) is 0 Å². The molecule has 1 aromatic carbocycles. The largest absolute Gasteiger partial charge is 0.298 e. The van der Waals surface area contributed by atoms with Crippen molar-refractivity contribution in [3.63, 3.8) is 0 Å². The SMILES string of the molecule is CCCNC(C#N)c1ccc2ncccc2c1. The van der Waals surface area contributed by atoms with E-state index in [1.54, 1.807) is 6.20 Å². The average molecular weight is 225 g/mol. The summed E-state index contributed by atoms with van der Waals surface area (Å²) in [5, 5.41) is 13.4. The van der Waals surface area contributed by atoms with Crippen molar-refractivity contribution in [1.82, 2.24) is 10.3 Å². The maximum Gasteiger partial charge on any atom is 0.121 e. The maximum atomic E-state index is 9.15. The predicted octanol–water partition coefficient (Wildman–Crippen LogP) is 2.80. The first-order chi connectivity index (χ1) is 8.35. The summed E-state index contributed by atoms with van der Waals surface area (Å²) in [5.41, 5.74) is 1.96. The van der Waals surface area contributed by atoms with E-state index in [1.807, 2.05) is 30.3 Å². The van der Waals surface area contributed by atoms with Crippen LogP contribution in [0.15, 0.2) is 36.5 Å². The van der Waals surface area contributed by atoms with Gasteiger partial charge in [0.05, 0.1) is 11.6 Å². The van der Waals surface area contributed by atoms with Crippen molar-refractivity contribution in [3.05, 3.63) is 42.1 Å². The Kier molecular flexibility index (Phi) is 3.69. The zero-order chi connectivity index (χ0) is 12.1. The molecule has 3 nitrogen and oxygen atoms in total. The Bertz CT molecular complexity index is 542. The lowest BCUT2D eigenvalue weighted by atomic mass is 10.1. The minimum absolute atomic E-state index is 0.237. The van der Waals surface area contributed by atoms with Crippen molar-refractivity contribution in [1.29, 1.82) is 5.26 Å². The molecule has 0 aliphatic rings. The molecule has 0 spiro atoms. The van der Waals surface area contributed by atoms with Crippen molar-refractivity contribution >= 4 is 10.9 Å². The first-order valence-electron chi connectivity index (χ1n) is 5.83. The van der Waals surface area contributed by atoms with Gasteiger partial charge in [0, 0.05) is 11.6 Å². The Balaban J connectivity index is 2.31. The molecule has 3 heteroatoms. The van der Waals surface area contributed by atoms with Gasteiger partial charge < -0.3 is 0 Å². The van der Waals surface area contributed by atoms with Gasteiger partial charge in [-0.15, -0.1) is 0 Å². The fraction of sp³-hybridized carbons (Fsp3) is 0.286. The van der Waals surface area contributed by atoms with E-state index in [-0.39, 0.29) is 6.04 Å². The smallest absolute Gasteiger partial charge is 0.121 e. The minimum atomic E-state index is -0.237. The zero-order valence-electron chi connectivity index (χ0n) is 9.85. The van der Waals surface area contributed by atoms with E-state index in [1.165, 1.54) is 0 Å². The van der Waals surface area contributed by atoms with Crippen LogP contribution >= 0.6 is 0 Å². The summed E-state index contributed by atoms with van der Waals surface area (Å²) in [4.78, 5) is 4.27. The van der Waals surface area contributed by atoms with Crippen molar-refractivity contribution in [2.45, 2.75) is 19.4 Å². The number of hydrogen-bond acceptors (Lipinski definition) is 3. The van der Waals surface area contributed by atoms with Crippen molar-refractivity contribution in [2.24, 2.45) is 0 Å². The second kappa shape index (κ2) is 5.42. The summed E-state index contributed by atoms with van der Waals surface area (Å²) in [5.74, 6) is 0. The number of nitrogens with one attached hydrogen (secondary N) is 1. The number of benzene rings is 1. The van der Waals surface area contributed by atoms with Crippen LogP contribution < -0.4 is 5.32 Å². The van der Waals surface area contributed by atoms with Gasteiger partial charge in [0.15, 0.2) is 0 Å². The molecule has 1 heterocycles. The van der Waals surface area contributed by atoms with Gasteiger partial charge in [-0.2, -0.15) is 5.26 Å². The fourth-order valence-electron chi connectivity index (χ4n) is 1.80. The molecule has 0 fully saturated rings. The van der Waals surface area contributed by atoms with E-state index in [0.717, 1.165) is 29.4 Å². The molecule has 0 aliphatic carbocycles. The molecule has 1 atom stereocenters. The van der Waals surface area contributed by atoms with Crippen LogP contribution in [0.2, 0.25) is 0 Å². The van der Waals surface area contributed by atoms with Crippen LogP contribution in [0.5, 0.6) is 0 Å². The molecule has 2 aromatic rings. The molecule has 1 N–H and O–H groups in total. The van der Waals surface area contributed by atoms with Crippen LogP contribution in [0.25, 0.3) is 10.9 Å². The Hall–Kier alpha value is -1.92. The minimum Gasteiger partial charge on any atom is -0.298 e. The molecule has 0 saturated carbocycles. The highest BCUT2D eigenvalue weighted by Gasteiger charge is 2.09. The third kappa shape index (κ3) is 2.61. The standard InChI is InChI=1S/C14H15N3/c1-2-7-16-14(10-15)12-5-6-13-11(9-12)4-3-8-17-13/h3-6,8-9,14,16H,2,7H2,1H3. The number of rotatable bonds is 4. The Morgan fingerprint density at radius 3 is 3.06 bits per heavy atom. The quantitative estimate of drug-likeness (QED) is 0.870. The monoisotopic (exact) mass is 225 g/mol. The van der Waals surface area contributed by atoms with Gasteiger partial charge in [-0.25, -0.2) is 0 Å². The second-order valence-electron chi connectivity index (χ2n) is 3.97. The van der Waals surface area contributed by atoms with Crippen LogP contribution in [0.3, 0.4) is 0 Å². The van der Waals surface area contributed by atoms with E-state index >= 15 is 0 Å². The van der Waals surface area contributed by atoms with E-state index in [0.29, 0.717) is 0 Å². The second-order valence-corrected chi connectivity index (χ2v) is 3.97. The summed E-state index contributed by atoms with van der Waals surface area (Å²) < 4.78 is 0. The van der Waals surface area contributed by atoms with Crippen molar-refractivity contribution in [3.8, 4) is 6.07 Å². The molecule has 0 bridgehead atoms. The van der Waals surface area contributed by atoms with E-state index in [2.05, 4.69) is 23.3 Å². The first-order valence-corrected chi connectivity index (χ1v) is 5.83. The Morgan fingerprint density at radius 2 is 2.29 bits per heavy atom. The Labute approximate surface area is 101 Å². The maximum absolute atomic E-state index is 9.15. The summed E-state index contributed by atoms with van der Waals surface area (Å²) in [6.45, 7) is 2.94. The topological polar surface area (TPSA) is 48.7 Å². The molecule has 1 unspecified atom stereocenters. The highest BCUT2D eigenvalue weighted by molar-refractivity contribution is 5.79. The number of nitrogens with zero attached hydrogens (tertiary/aromatic N) is 2. The average Bonchev–Trinajstić information content (AvgIpc) is 2.39. The summed E-state index contributed by atoms with van der Waals surface area (Å²) in [6.07, 6.45) is 2.80. The molecule has 0 radical (unpaired) electrons. The van der Waals surface area contributed by atoms with Crippen LogP contribution in [0.4, 0.5) is 0 Å². The van der Waals surface area contributed by atoms with Gasteiger partial charge in [-0.1, -0.05) is 19.1 Å². The number of hydrogen-bond donors (Lipinski definition) is 1. The van der Waals surface area contributed by atoms with E-state index in [9.17, 15) is 0 Å². The normalized spacial score (nSPS) is 12.2. The third-order valence-corrected chi connectivity index (χ3v) is 2.69. The number of aromatic nitrogens is 1. The number of nitriles is 1. The summed E-state index contributed by atoms with van der Waals surface area (Å²) in [6, 6.07) is 11.9. The van der Waals surface area contributed by atoms with Gasteiger partial charge in [0.25, 0.3) is 0 Å². The zero-order valence-corrected chi connectivity index (χ0v) is 9.85. The molecule has 2 rings (SSSR count). The molecule has 1 aromatic heterocycles. The molecular weight excluding hydrogens is 210 g/mol. The van der Waals surface area contributed by atoms with Crippen LogP contribution in [-0.4, -0.2) is 11.5 Å². The molecule has 86 valence electrons. The van der Waals surface area contributed by atoms with Gasteiger partial charge in [0.1, 0.15) is 6.04 Å². The lowest BCUT2D eigenvalue weighted by molar-refractivity contribution is 0.621. The lowest BCUT2D eigenvalue weighted by Gasteiger charge is -2.11. The van der Waals surface area contributed by atoms with E-state index < -0.39 is 0 Å². The van der Waals surface area contributed by atoms with Gasteiger partial charge >= 0.3 is 0 Å². The molecular formula is C14H15N3. The molecule has 0 saturated heterocycles. The van der Waals surface area contributed by atoms with Gasteiger partial charge in [-0.05, 0) is 36.7 Å². The summed E-state index contributed by atoms with van der Waals surface area (Å²) >= 11 is 0. The third-order valence-electron chi connectivity index (χ3n) is 2.69. The van der Waals surface area contributed by atoms with Crippen molar-refractivity contribution in [2.75, 3.05) is 6.54 Å².